The molecule has 0 radical (unpaired) electrons. The Morgan fingerprint density at radius 2 is 1.83 bits per heavy atom. The van der Waals surface area contributed by atoms with Crippen LogP contribution in [-0.4, -0.2) is 43.3 Å². The highest BCUT2D eigenvalue weighted by Gasteiger charge is 2.29. The number of anilines is 2. The van der Waals surface area contributed by atoms with Gasteiger partial charge in [0.05, 0.1) is 0 Å². The maximum absolute atomic E-state index is 12.7. The van der Waals surface area contributed by atoms with Gasteiger partial charge in [0, 0.05) is 37.0 Å². The number of hydrogen-bond acceptors (Lipinski definition) is 4. The van der Waals surface area contributed by atoms with E-state index in [0.717, 1.165) is 18.4 Å². The molecule has 1 saturated carbocycles. The Morgan fingerprint density at radius 3 is 2.52 bits per heavy atom. The van der Waals surface area contributed by atoms with Crippen molar-refractivity contribution in [2.45, 2.75) is 19.8 Å². The zero-order valence-corrected chi connectivity index (χ0v) is 16.8. The largest absolute Gasteiger partial charge is 0.484 e. The second-order valence-corrected chi connectivity index (χ2v) is 7.35. The third-order valence-electron chi connectivity index (χ3n) is 4.66. The number of nitrogens with one attached hydrogen (secondary N) is 2. The molecule has 2 N–H and O–H groups in total. The Kier molecular flexibility index (Phi) is 6.16. The van der Waals surface area contributed by atoms with E-state index in [9.17, 15) is 14.4 Å². The molecule has 0 aliphatic heterocycles. The van der Waals surface area contributed by atoms with Crippen molar-refractivity contribution < 1.29 is 19.1 Å². The summed E-state index contributed by atoms with van der Waals surface area (Å²) in [5, 5.41) is 5.76. The van der Waals surface area contributed by atoms with Crippen LogP contribution in [0.1, 0.15) is 28.8 Å². The van der Waals surface area contributed by atoms with Crippen LogP contribution in [0, 0.1) is 12.8 Å². The fraction of sp³-hybridized carbons (Fsp3) is 0.318. The minimum Gasteiger partial charge on any atom is -0.484 e. The summed E-state index contributed by atoms with van der Waals surface area (Å²) in [7, 11) is 3.30. The van der Waals surface area contributed by atoms with E-state index in [-0.39, 0.29) is 30.2 Å². The van der Waals surface area contributed by atoms with Crippen molar-refractivity contribution in [3.63, 3.8) is 0 Å². The highest BCUT2D eigenvalue weighted by molar-refractivity contribution is 6.05. The molecule has 0 aromatic heterocycles. The molecule has 152 valence electrons. The van der Waals surface area contributed by atoms with Crippen LogP contribution in [0.15, 0.2) is 42.5 Å². The lowest BCUT2D eigenvalue weighted by molar-refractivity contribution is -0.130. The van der Waals surface area contributed by atoms with Crippen LogP contribution in [0.25, 0.3) is 0 Å². The molecular formula is C22H25N3O4. The van der Waals surface area contributed by atoms with Gasteiger partial charge >= 0.3 is 0 Å². The van der Waals surface area contributed by atoms with Gasteiger partial charge in [0.2, 0.25) is 5.91 Å². The van der Waals surface area contributed by atoms with Gasteiger partial charge in [0.1, 0.15) is 5.75 Å². The van der Waals surface area contributed by atoms with E-state index in [1.54, 1.807) is 44.4 Å². The smallest absolute Gasteiger partial charge is 0.259 e. The molecular weight excluding hydrogens is 370 g/mol. The first-order valence-corrected chi connectivity index (χ1v) is 9.49. The van der Waals surface area contributed by atoms with E-state index in [2.05, 4.69) is 10.6 Å². The fourth-order valence-corrected chi connectivity index (χ4v) is 2.62. The Bertz CT molecular complexity index is 935. The third kappa shape index (κ3) is 5.57. The first kappa shape index (κ1) is 20.4. The molecule has 0 heterocycles. The lowest BCUT2D eigenvalue weighted by atomic mass is 10.1. The van der Waals surface area contributed by atoms with E-state index >= 15 is 0 Å². The van der Waals surface area contributed by atoms with Gasteiger partial charge in [-0.15, -0.1) is 0 Å². The number of carbonyl (C=O) groups is 3. The van der Waals surface area contributed by atoms with Gasteiger partial charge in [-0.2, -0.15) is 0 Å². The minimum absolute atomic E-state index is 0.0169. The molecule has 3 amide bonds. The lowest BCUT2D eigenvalue weighted by Gasteiger charge is -2.13. The van der Waals surface area contributed by atoms with Crippen LogP contribution in [0.5, 0.6) is 5.75 Å². The summed E-state index contributed by atoms with van der Waals surface area (Å²) in [6.45, 7) is 1.79. The number of nitrogens with zero attached hydrogens (tertiary/aromatic N) is 1. The summed E-state index contributed by atoms with van der Waals surface area (Å²) >= 11 is 0. The highest BCUT2D eigenvalue weighted by atomic mass is 16.5. The quantitative estimate of drug-likeness (QED) is 0.754. The number of aryl methyl sites for hydroxylation is 1. The van der Waals surface area contributed by atoms with Crippen LogP contribution >= 0.6 is 0 Å². The van der Waals surface area contributed by atoms with Gasteiger partial charge in [0.25, 0.3) is 11.8 Å². The summed E-state index contributed by atoms with van der Waals surface area (Å²) < 4.78 is 5.47. The molecule has 1 fully saturated rings. The Morgan fingerprint density at radius 1 is 1.07 bits per heavy atom. The van der Waals surface area contributed by atoms with Crippen LogP contribution < -0.4 is 15.4 Å². The molecule has 0 saturated heterocycles. The van der Waals surface area contributed by atoms with E-state index < -0.39 is 0 Å². The monoisotopic (exact) mass is 395 g/mol. The van der Waals surface area contributed by atoms with Crippen LogP contribution in [-0.2, 0) is 9.59 Å². The van der Waals surface area contributed by atoms with Gasteiger partial charge in [-0.3, -0.25) is 14.4 Å². The molecule has 7 heteroatoms. The maximum Gasteiger partial charge on any atom is 0.259 e. The molecule has 7 nitrogen and oxygen atoms in total. The van der Waals surface area contributed by atoms with Crippen molar-refractivity contribution >= 4 is 29.1 Å². The molecule has 3 rings (SSSR count). The van der Waals surface area contributed by atoms with Gasteiger partial charge in [0.15, 0.2) is 6.61 Å². The minimum atomic E-state index is -0.303. The normalized spacial score (nSPS) is 12.8. The fourth-order valence-electron chi connectivity index (χ4n) is 2.62. The summed E-state index contributed by atoms with van der Waals surface area (Å²) in [5.41, 5.74) is 2.57. The number of benzene rings is 2. The highest BCUT2D eigenvalue weighted by Crippen LogP contribution is 2.31. The number of ether oxygens (including phenoxy) is 1. The number of likely N-dealkylation sites (N-methyl/N-ethyl adjacent to an activating group) is 1. The predicted molar refractivity (Wildman–Crippen MR) is 111 cm³/mol. The SMILES string of the molecule is Cc1ccc(NC(=O)C2CC2)cc1NC(=O)c1cccc(OCC(=O)N(C)C)c1. The Hall–Kier alpha value is -3.35. The van der Waals surface area contributed by atoms with Gasteiger partial charge in [-0.05, 0) is 55.7 Å². The van der Waals surface area contributed by atoms with Gasteiger partial charge < -0.3 is 20.3 Å². The van der Waals surface area contributed by atoms with Crippen LogP contribution in [0.2, 0.25) is 0 Å². The van der Waals surface area contributed by atoms with Crippen molar-refractivity contribution in [3.05, 3.63) is 53.6 Å². The zero-order chi connectivity index (χ0) is 21.0. The second kappa shape index (κ2) is 8.77. The lowest BCUT2D eigenvalue weighted by Crippen LogP contribution is -2.27. The van der Waals surface area contributed by atoms with E-state index in [0.29, 0.717) is 22.7 Å². The van der Waals surface area contributed by atoms with Crippen LogP contribution in [0.4, 0.5) is 11.4 Å². The van der Waals surface area contributed by atoms with E-state index in [4.69, 9.17) is 4.74 Å². The summed E-state index contributed by atoms with van der Waals surface area (Å²) in [4.78, 5) is 37.8. The molecule has 0 atom stereocenters. The summed E-state index contributed by atoms with van der Waals surface area (Å²) in [6.07, 6.45) is 1.86. The van der Waals surface area contributed by atoms with E-state index in [1.807, 2.05) is 19.1 Å². The topological polar surface area (TPSA) is 87.7 Å². The van der Waals surface area contributed by atoms with Crippen molar-refractivity contribution in [2.75, 3.05) is 31.3 Å². The first-order valence-electron chi connectivity index (χ1n) is 9.49. The van der Waals surface area contributed by atoms with Crippen molar-refractivity contribution in [2.24, 2.45) is 5.92 Å². The zero-order valence-electron chi connectivity index (χ0n) is 16.8. The van der Waals surface area contributed by atoms with E-state index in [1.165, 1.54) is 4.90 Å². The van der Waals surface area contributed by atoms with Crippen LogP contribution in [0.3, 0.4) is 0 Å². The summed E-state index contributed by atoms with van der Waals surface area (Å²) in [6, 6.07) is 12.1. The van der Waals surface area contributed by atoms with Gasteiger partial charge in [-0.25, -0.2) is 0 Å². The average Bonchev–Trinajstić information content (AvgIpc) is 3.54. The van der Waals surface area contributed by atoms with Gasteiger partial charge in [-0.1, -0.05) is 12.1 Å². The predicted octanol–water partition coefficient (Wildman–Crippen LogP) is 3.06. The summed E-state index contributed by atoms with van der Waals surface area (Å²) in [5.74, 6) is 0.0958. The number of amides is 3. The van der Waals surface area contributed by atoms with Crippen molar-refractivity contribution in [1.29, 1.82) is 0 Å². The third-order valence-corrected chi connectivity index (χ3v) is 4.66. The molecule has 0 spiro atoms. The number of carbonyl (C=O) groups excluding carboxylic acids is 3. The van der Waals surface area contributed by atoms with Crippen molar-refractivity contribution in [3.8, 4) is 5.75 Å². The molecule has 0 bridgehead atoms. The molecule has 29 heavy (non-hydrogen) atoms. The van der Waals surface area contributed by atoms with Crippen molar-refractivity contribution in [1.82, 2.24) is 4.90 Å². The maximum atomic E-state index is 12.7. The molecule has 2 aromatic carbocycles. The average molecular weight is 395 g/mol. The standard InChI is InChI=1S/C22H25N3O4/c1-14-7-10-17(23-21(27)15-8-9-15)12-19(14)24-22(28)16-5-4-6-18(11-16)29-13-20(26)25(2)3/h4-7,10-12,15H,8-9,13H2,1-3H3,(H,23,27)(H,24,28). The number of hydrogen-bond donors (Lipinski definition) is 2. The second-order valence-electron chi connectivity index (χ2n) is 7.35. The number of rotatable bonds is 7. The molecule has 2 aromatic rings. The first-order chi connectivity index (χ1) is 13.8. The molecule has 1 aliphatic carbocycles. The molecule has 0 unspecified atom stereocenters. The Labute approximate surface area is 170 Å². The molecule has 1 aliphatic rings. The Balaban J connectivity index is 1.67.